The molecule has 5 nitrogen and oxygen atoms in total. The molecule has 2 aromatic rings. The second kappa shape index (κ2) is 7.78. The van der Waals surface area contributed by atoms with Gasteiger partial charge < -0.3 is 10.2 Å². The summed E-state index contributed by atoms with van der Waals surface area (Å²) in [5.41, 5.74) is 0.705. The number of aryl methyl sites for hydroxylation is 1. The fourth-order valence-corrected chi connectivity index (χ4v) is 3.08. The molecule has 3 rings (SSSR count). The van der Waals surface area contributed by atoms with Crippen LogP contribution in [0.1, 0.15) is 42.0 Å². The Bertz CT molecular complexity index is 776. The van der Waals surface area contributed by atoms with Gasteiger partial charge in [-0.1, -0.05) is 24.4 Å². The minimum Gasteiger partial charge on any atom is -0.356 e. The highest BCUT2D eigenvalue weighted by atomic mass is 35.5. The summed E-state index contributed by atoms with van der Waals surface area (Å²) < 4.78 is 13.2. The third-order valence-electron chi connectivity index (χ3n) is 4.16. The maximum Gasteiger partial charge on any atom is 0.274 e. The summed E-state index contributed by atoms with van der Waals surface area (Å²) in [4.78, 5) is 23.4. The minimum atomic E-state index is -0.527. The van der Waals surface area contributed by atoms with Crippen molar-refractivity contribution in [1.29, 1.82) is 0 Å². The third-order valence-corrected chi connectivity index (χ3v) is 4.45. The Labute approximate surface area is 151 Å². The SMILES string of the molecule is Cc1nc(C(=O)Nc2ccc(F)c(Cl)c2)cc(N2CCCCCC2)n1. The number of anilines is 2. The number of halogens is 2. The molecule has 1 aromatic carbocycles. The van der Waals surface area contributed by atoms with E-state index in [9.17, 15) is 9.18 Å². The molecule has 0 radical (unpaired) electrons. The summed E-state index contributed by atoms with van der Waals surface area (Å²) in [6.07, 6.45) is 4.69. The Morgan fingerprint density at radius 2 is 1.88 bits per heavy atom. The molecule has 1 aliphatic rings. The molecule has 0 bridgehead atoms. The van der Waals surface area contributed by atoms with E-state index >= 15 is 0 Å². The molecule has 0 spiro atoms. The van der Waals surface area contributed by atoms with Gasteiger partial charge in [0.05, 0.1) is 5.02 Å². The maximum absolute atomic E-state index is 13.2. The van der Waals surface area contributed by atoms with Gasteiger partial charge in [0.25, 0.3) is 5.91 Å². The molecule has 25 heavy (non-hydrogen) atoms. The molecule has 132 valence electrons. The Hall–Kier alpha value is -2.21. The molecule has 0 aliphatic carbocycles. The summed E-state index contributed by atoms with van der Waals surface area (Å²) in [5, 5.41) is 2.66. The van der Waals surface area contributed by atoms with Crippen LogP contribution >= 0.6 is 11.6 Å². The van der Waals surface area contributed by atoms with E-state index in [1.54, 1.807) is 13.0 Å². The van der Waals surface area contributed by atoms with Crippen molar-refractivity contribution < 1.29 is 9.18 Å². The van der Waals surface area contributed by atoms with E-state index in [0.717, 1.165) is 31.7 Å². The first-order valence-corrected chi connectivity index (χ1v) is 8.78. The molecule has 0 atom stereocenters. The average molecular weight is 363 g/mol. The lowest BCUT2D eigenvalue weighted by atomic mass is 10.2. The van der Waals surface area contributed by atoms with E-state index in [2.05, 4.69) is 20.2 Å². The van der Waals surface area contributed by atoms with Crippen molar-refractivity contribution in [2.75, 3.05) is 23.3 Å². The van der Waals surface area contributed by atoms with E-state index < -0.39 is 5.82 Å². The first kappa shape index (κ1) is 17.6. The lowest BCUT2D eigenvalue weighted by Crippen LogP contribution is -2.26. The Morgan fingerprint density at radius 1 is 1.16 bits per heavy atom. The molecular formula is C18H20ClFN4O. The molecule has 2 heterocycles. The smallest absolute Gasteiger partial charge is 0.274 e. The van der Waals surface area contributed by atoms with Crippen LogP contribution in [0.3, 0.4) is 0 Å². The van der Waals surface area contributed by atoms with E-state index in [1.165, 1.54) is 31.0 Å². The Kier molecular flexibility index (Phi) is 5.48. The first-order chi connectivity index (χ1) is 12.0. The standard InChI is InChI=1S/C18H20ClFN4O/c1-12-21-16(11-17(22-12)24-8-4-2-3-5-9-24)18(25)23-13-6-7-15(20)14(19)10-13/h6-7,10-11H,2-5,8-9H2,1H3,(H,23,25). The quantitative estimate of drug-likeness (QED) is 0.888. The van der Waals surface area contributed by atoms with Gasteiger partial charge in [-0.15, -0.1) is 0 Å². The average Bonchev–Trinajstić information content (AvgIpc) is 2.87. The van der Waals surface area contributed by atoms with Gasteiger partial charge in [0.1, 0.15) is 23.2 Å². The number of amides is 1. The van der Waals surface area contributed by atoms with Gasteiger partial charge in [-0.2, -0.15) is 0 Å². The number of aromatic nitrogens is 2. The van der Waals surface area contributed by atoms with Gasteiger partial charge in [-0.25, -0.2) is 14.4 Å². The molecule has 1 fully saturated rings. The van der Waals surface area contributed by atoms with Crippen molar-refractivity contribution in [2.45, 2.75) is 32.6 Å². The number of hydrogen-bond acceptors (Lipinski definition) is 4. The van der Waals surface area contributed by atoms with Gasteiger partial charge in [-0.3, -0.25) is 4.79 Å². The lowest BCUT2D eigenvalue weighted by molar-refractivity contribution is 0.102. The second-order valence-corrected chi connectivity index (χ2v) is 6.55. The van der Waals surface area contributed by atoms with E-state index in [0.29, 0.717) is 11.5 Å². The summed E-state index contributed by atoms with van der Waals surface area (Å²) in [5.74, 6) is 0.422. The molecule has 0 saturated carbocycles. The topological polar surface area (TPSA) is 58.1 Å². The highest BCUT2D eigenvalue weighted by Crippen LogP contribution is 2.21. The van der Waals surface area contributed by atoms with Crippen LogP contribution in [0, 0.1) is 12.7 Å². The number of nitrogens with one attached hydrogen (secondary N) is 1. The zero-order valence-electron chi connectivity index (χ0n) is 14.1. The number of hydrogen-bond donors (Lipinski definition) is 1. The first-order valence-electron chi connectivity index (χ1n) is 8.40. The van der Waals surface area contributed by atoms with Crippen LogP contribution in [-0.2, 0) is 0 Å². The van der Waals surface area contributed by atoms with Crippen molar-refractivity contribution in [3.05, 3.63) is 46.6 Å². The van der Waals surface area contributed by atoms with Crippen LogP contribution in [0.5, 0.6) is 0 Å². The van der Waals surface area contributed by atoms with Crippen LogP contribution < -0.4 is 10.2 Å². The van der Waals surface area contributed by atoms with Crippen molar-refractivity contribution in [1.82, 2.24) is 9.97 Å². The number of benzene rings is 1. The Morgan fingerprint density at radius 3 is 2.56 bits per heavy atom. The van der Waals surface area contributed by atoms with Gasteiger partial charge >= 0.3 is 0 Å². The predicted molar refractivity (Wildman–Crippen MR) is 96.8 cm³/mol. The predicted octanol–water partition coefficient (Wildman–Crippen LogP) is 4.21. The fourth-order valence-electron chi connectivity index (χ4n) is 2.90. The number of carbonyl (C=O) groups is 1. The largest absolute Gasteiger partial charge is 0.356 e. The molecule has 0 unspecified atom stereocenters. The molecular weight excluding hydrogens is 343 g/mol. The summed E-state index contributed by atoms with van der Waals surface area (Å²) in [6.45, 7) is 3.64. The fraction of sp³-hybridized carbons (Fsp3) is 0.389. The number of carbonyl (C=O) groups excluding carboxylic acids is 1. The zero-order chi connectivity index (χ0) is 17.8. The Balaban J connectivity index is 1.80. The van der Waals surface area contributed by atoms with Gasteiger partial charge in [0, 0.05) is 24.8 Å². The van der Waals surface area contributed by atoms with Gasteiger partial charge in [0.2, 0.25) is 0 Å². The normalized spacial score (nSPS) is 14.9. The van der Waals surface area contributed by atoms with Crippen molar-refractivity contribution >= 4 is 29.0 Å². The summed E-state index contributed by atoms with van der Waals surface area (Å²) >= 11 is 5.75. The van der Waals surface area contributed by atoms with E-state index in [1.807, 2.05) is 0 Å². The van der Waals surface area contributed by atoms with Crippen LogP contribution in [0.2, 0.25) is 5.02 Å². The molecule has 1 saturated heterocycles. The monoisotopic (exact) mass is 362 g/mol. The highest BCUT2D eigenvalue weighted by molar-refractivity contribution is 6.31. The summed E-state index contributed by atoms with van der Waals surface area (Å²) in [6, 6.07) is 5.76. The molecule has 1 aliphatic heterocycles. The maximum atomic E-state index is 13.2. The molecule has 1 N–H and O–H groups in total. The molecule has 1 amide bonds. The zero-order valence-corrected chi connectivity index (χ0v) is 14.8. The van der Waals surface area contributed by atoms with Crippen LogP contribution in [0.15, 0.2) is 24.3 Å². The number of rotatable bonds is 3. The number of nitrogens with zero attached hydrogens (tertiary/aromatic N) is 3. The van der Waals surface area contributed by atoms with Gasteiger partial charge in [0.15, 0.2) is 0 Å². The van der Waals surface area contributed by atoms with Crippen molar-refractivity contribution in [2.24, 2.45) is 0 Å². The van der Waals surface area contributed by atoms with Gasteiger partial charge in [-0.05, 0) is 38.0 Å². The van der Waals surface area contributed by atoms with Crippen LogP contribution in [0.25, 0.3) is 0 Å². The van der Waals surface area contributed by atoms with Crippen molar-refractivity contribution in [3.8, 4) is 0 Å². The van der Waals surface area contributed by atoms with E-state index in [-0.39, 0.29) is 16.6 Å². The van der Waals surface area contributed by atoms with E-state index in [4.69, 9.17) is 11.6 Å². The molecule has 7 heteroatoms. The van der Waals surface area contributed by atoms with Crippen LogP contribution in [-0.4, -0.2) is 29.0 Å². The third kappa shape index (κ3) is 4.45. The summed E-state index contributed by atoms with van der Waals surface area (Å²) in [7, 11) is 0. The van der Waals surface area contributed by atoms with Crippen LogP contribution in [0.4, 0.5) is 15.9 Å². The highest BCUT2D eigenvalue weighted by Gasteiger charge is 2.16. The lowest BCUT2D eigenvalue weighted by Gasteiger charge is -2.22. The molecule has 1 aromatic heterocycles. The second-order valence-electron chi connectivity index (χ2n) is 6.14. The van der Waals surface area contributed by atoms with Crippen molar-refractivity contribution in [3.63, 3.8) is 0 Å². The minimum absolute atomic E-state index is 0.0399.